The Morgan fingerprint density at radius 1 is 1.00 bits per heavy atom. The zero-order valence-corrected chi connectivity index (χ0v) is 12.0. The summed E-state index contributed by atoms with van der Waals surface area (Å²) in [6, 6.07) is 3.10. The van der Waals surface area contributed by atoms with E-state index in [0.717, 1.165) is 42.4 Å². The van der Waals surface area contributed by atoms with Crippen LogP contribution < -0.4 is 11.1 Å². The van der Waals surface area contributed by atoms with Gasteiger partial charge in [0, 0.05) is 25.0 Å². The van der Waals surface area contributed by atoms with E-state index in [1.165, 1.54) is 23.0 Å². The SMILES string of the molecule is O=c1c(=O)n(-c2ccc(F)c(F)c2)ccn1CC1CCCC1. The summed E-state index contributed by atoms with van der Waals surface area (Å²) in [5.74, 6) is -1.62. The van der Waals surface area contributed by atoms with E-state index in [1.54, 1.807) is 0 Å². The van der Waals surface area contributed by atoms with E-state index in [1.807, 2.05) is 0 Å². The highest BCUT2D eigenvalue weighted by Gasteiger charge is 2.17. The minimum atomic E-state index is -1.06. The van der Waals surface area contributed by atoms with Crippen molar-refractivity contribution in [2.75, 3.05) is 0 Å². The highest BCUT2D eigenvalue weighted by molar-refractivity contribution is 5.32. The molecule has 1 aliphatic rings. The molecule has 1 saturated carbocycles. The van der Waals surface area contributed by atoms with Gasteiger partial charge >= 0.3 is 11.1 Å². The zero-order valence-electron chi connectivity index (χ0n) is 12.0. The molecule has 1 heterocycles. The molecule has 0 amide bonds. The molecule has 0 radical (unpaired) electrons. The molecule has 1 aliphatic carbocycles. The Morgan fingerprint density at radius 2 is 1.73 bits per heavy atom. The molecule has 0 N–H and O–H groups in total. The van der Waals surface area contributed by atoms with Gasteiger partial charge in [0.1, 0.15) is 0 Å². The highest BCUT2D eigenvalue weighted by atomic mass is 19.2. The Hall–Kier alpha value is -2.24. The van der Waals surface area contributed by atoms with Crippen molar-refractivity contribution in [3.8, 4) is 5.69 Å². The van der Waals surface area contributed by atoms with Crippen LogP contribution in [0.1, 0.15) is 25.7 Å². The van der Waals surface area contributed by atoms with Crippen molar-refractivity contribution in [2.45, 2.75) is 32.2 Å². The molecule has 0 aliphatic heterocycles. The molecule has 1 aromatic heterocycles. The largest absolute Gasteiger partial charge is 0.320 e. The van der Waals surface area contributed by atoms with E-state index in [9.17, 15) is 18.4 Å². The Labute approximate surface area is 125 Å². The third-order valence-corrected chi connectivity index (χ3v) is 4.17. The number of aromatic nitrogens is 2. The lowest BCUT2D eigenvalue weighted by Crippen LogP contribution is -2.40. The van der Waals surface area contributed by atoms with E-state index in [-0.39, 0.29) is 5.69 Å². The van der Waals surface area contributed by atoms with Crippen molar-refractivity contribution < 1.29 is 8.78 Å². The summed E-state index contributed by atoms with van der Waals surface area (Å²) in [5, 5.41) is 0. The molecule has 1 fully saturated rings. The first-order valence-corrected chi connectivity index (χ1v) is 7.34. The van der Waals surface area contributed by atoms with Crippen LogP contribution in [-0.2, 0) is 6.54 Å². The quantitative estimate of drug-likeness (QED) is 0.818. The Morgan fingerprint density at radius 3 is 2.41 bits per heavy atom. The van der Waals surface area contributed by atoms with Crippen molar-refractivity contribution in [1.29, 1.82) is 0 Å². The number of nitrogens with zero attached hydrogens (tertiary/aromatic N) is 2. The second-order valence-corrected chi connectivity index (χ2v) is 5.68. The van der Waals surface area contributed by atoms with Crippen LogP contribution in [0, 0.1) is 17.6 Å². The zero-order chi connectivity index (χ0) is 15.7. The van der Waals surface area contributed by atoms with Gasteiger partial charge in [-0.05, 0) is 30.9 Å². The molecular formula is C16H16F2N2O2. The summed E-state index contributed by atoms with van der Waals surface area (Å²) in [7, 11) is 0. The van der Waals surface area contributed by atoms with Crippen molar-refractivity contribution in [2.24, 2.45) is 5.92 Å². The third kappa shape index (κ3) is 2.73. The molecule has 6 heteroatoms. The number of halogens is 2. The molecule has 0 spiro atoms. The van der Waals surface area contributed by atoms with Crippen LogP contribution in [0.15, 0.2) is 40.2 Å². The molecular weight excluding hydrogens is 290 g/mol. The normalized spacial score (nSPS) is 15.4. The van der Waals surface area contributed by atoms with E-state index in [0.29, 0.717) is 12.5 Å². The minimum Gasteiger partial charge on any atom is -0.309 e. The summed E-state index contributed by atoms with van der Waals surface area (Å²) < 4.78 is 28.7. The average molecular weight is 306 g/mol. The molecule has 1 aromatic carbocycles. The first kappa shape index (κ1) is 14.7. The van der Waals surface area contributed by atoms with Crippen molar-refractivity contribution in [1.82, 2.24) is 9.13 Å². The molecule has 0 atom stereocenters. The van der Waals surface area contributed by atoms with Crippen molar-refractivity contribution in [3.63, 3.8) is 0 Å². The fourth-order valence-corrected chi connectivity index (χ4v) is 2.96. The van der Waals surface area contributed by atoms with Crippen LogP contribution in [0.4, 0.5) is 8.78 Å². The summed E-state index contributed by atoms with van der Waals surface area (Å²) in [6.07, 6.45) is 7.41. The minimum absolute atomic E-state index is 0.133. The fraction of sp³-hybridized carbons (Fsp3) is 0.375. The number of hydrogen-bond acceptors (Lipinski definition) is 2. The Kier molecular flexibility index (Phi) is 3.92. The molecule has 22 heavy (non-hydrogen) atoms. The van der Waals surface area contributed by atoms with Gasteiger partial charge in [-0.2, -0.15) is 0 Å². The monoisotopic (exact) mass is 306 g/mol. The summed E-state index contributed by atoms with van der Waals surface area (Å²) in [5.41, 5.74) is -1.26. The molecule has 116 valence electrons. The molecule has 0 unspecified atom stereocenters. The smallest absolute Gasteiger partial charge is 0.309 e. The Bertz CT molecular complexity index is 805. The standard InChI is InChI=1S/C16H16F2N2O2/c17-13-6-5-12(9-14(13)18)20-8-7-19(15(21)16(20)22)10-11-3-1-2-4-11/h5-9,11H,1-4,10H2. The van der Waals surface area contributed by atoms with E-state index >= 15 is 0 Å². The lowest BCUT2D eigenvalue weighted by atomic mass is 10.1. The Balaban J connectivity index is 1.97. The fourth-order valence-electron chi connectivity index (χ4n) is 2.96. The van der Waals surface area contributed by atoms with Gasteiger partial charge in [0.2, 0.25) is 0 Å². The molecule has 0 bridgehead atoms. The van der Waals surface area contributed by atoms with Gasteiger partial charge in [0.25, 0.3) is 0 Å². The summed E-state index contributed by atoms with van der Waals surface area (Å²) in [6.45, 7) is 0.534. The van der Waals surface area contributed by atoms with Crippen LogP contribution in [0.2, 0.25) is 0 Å². The van der Waals surface area contributed by atoms with Crippen LogP contribution in [0.5, 0.6) is 0 Å². The van der Waals surface area contributed by atoms with E-state index < -0.39 is 22.8 Å². The van der Waals surface area contributed by atoms with Gasteiger partial charge in [-0.25, -0.2) is 8.78 Å². The lowest BCUT2D eigenvalue weighted by Gasteiger charge is -2.12. The van der Waals surface area contributed by atoms with E-state index in [4.69, 9.17) is 0 Å². The third-order valence-electron chi connectivity index (χ3n) is 4.17. The van der Waals surface area contributed by atoms with Crippen LogP contribution in [0.3, 0.4) is 0 Å². The lowest BCUT2D eigenvalue weighted by molar-refractivity contribution is 0.444. The highest BCUT2D eigenvalue weighted by Crippen LogP contribution is 2.25. The molecule has 3 rings (SSSR count). The van der Waals surface area contributed by atoms with Crippen LogP contribution in [0.25, 0.3) is 5.69 Å². The topological polar surface area (TPSA) is 44.0 Å². The first-order valence-electron chi connectivity index (χ1n) is 7.34. The molecule has 0 saturated heterocycles. The number of benzene rings is 1. The maximum Gasteiger partial charge on any atom is 0.320 e. The maximum absolute atomic E-state index is 13.3. The molecule has 2 aromatic rings. The van der Waals surface area contributed by atoms with Crippen LogP contribution in [-0.4, -0.2) is 9.13 Å². The van der Waals surface area contributed by atoms with Crippen molar-refractivity contribution >= 4 is 0 Å². The van der Waals surface area contributed by atoms with Gasteiger partial charge in [-0.3, -0.25) is 14.2 Å². The van der Waals surface area contributed by atoms with Crippen LogP contribution >= 0.6 is 0 Å². The van der Waals surface area contributed by atoms with Gasteiger partial charge in [-0.1, -0.05) is 12.8 Å². The van der Waals surface area contributed by atoms with Gasteiger partial charge in [0.15, 0.2) is 11.6 Å². The predicted octanol–water partition coefficient (Wildman–Crippen LogP) is 2.47. The summed E-state index contributed by atoms with van der Waals surface area (Å²) in [4.78, 5) is 24.3. The number of hydrogen-bond donors (Lipinski definition) is 0. The molecule has 4 nitrogen and oxygen atoms in total. The maximum atomic E-state index is 13.3. The average Bonchev–Trinajstić information content (AvgIpc) is 3.00. The number of rotatable bonds is 3. The van der Waals surface area contributed by atoms with Gasteiger partial charge in [0.05, 0.1) is 5.69 Å². The van der Waals surface area contributed by atoms with Gasteiger partial charge in [-0.15, -0.1) is 0 Å². The van der Waals surface area contributed by atoms with E-state index in [2.05, 4.69) is 0 Å². The van der Waals surface area contributed by atoms with Crippen molar-refractivity contribution in [3.05, 3.63) is 62.9 Å². The predicted molar refractivity (Wildman–Crippen MR) is 78.2 cm³/mol. The summed E-state index contributed by atoms with van der Waals surface area (Å²) >= 11 is 0. The second-order valence-electron chi connectivity index (χ2n) is 5.68. The van der Waals surface area contributed by atoms with Gasteiger partial charge < -0.3 is 4.57 Å². The second kappa shape index (κ2) is 5.87. The first-order chi connectivity index (χ1) is 10.6.